The number of carboxylic acids is 1. The lowest BCUT2D eigenvalue weighted by atomic mass is 9.80. The Morgan fingerprint density at radius 2 is 2.43 bits per heavy atom. The first-order valence-electron chi connectivity index (χ1n) is 5.49. The van der Waals surface area contributed by atoms with E-state index in [-0.39, 0.29) is 0 Å². The van der Waals surface area contributed by atoms with Crippen LogP contribution in [0, 0.1) is 11.3 Å². The molecule has 2 atom stereocenters. The lowest BCUT2D eigenvalue weighted by molar-refractivity contribution is -0.149. The second-order valence-electron chi connectivity index (χ2n) is 4.43. The van der Waals surface area contributed by atoms with Crippen molar-refractivity contribution in [2.75, 3.05) is 0 Å². The monoisotopic (exact) mass is 196 g/mol. The molecule has 1 N–H and O–H groups in total. The Labute approximate surface area is 86.0 Å². The number of hydrogen-bond donors (Lipinski definition) is 1. The van der Waals surface area contributed by atoms with Crippen LogP contribution in [0.25, 0.3) is 0 Å². The molecular formula is C12H20O2. The molecule has 0 aromatic heterocycles. The molecular weight excluding hydrogens is 176 g/mol. The molecule has 80 valence electrons. The van der Waals surface area contributed by atoms with E-state index in [1.54, 1.807) is 0 Å². The zero-order chi connectivity index (χ0) is 10.6. The van der Waals surface area contributed by atoms with E-state index < -0.39 is 11.4 Å². The highest BCUT2D eigenvalue weighted by Gasteiger charge is 2.43. The van der Waals surface area contributed by atoms with Crippen molar-refractivity contribution in [3.8, 4) is 0 Å². The Hall–Kier alpha value is -0.790. The Morgan fingerprint density at radius 3 is 2.86 bits per heavy atom. The van der Waals surface area contributed by atoms with Gasteiger partial charge in [0, 0.05) is 0 Å². The van der Waals surface area contributed by atoms with Gasteiger partial charge in [-0.1, -0.05) is 19.4 Å². The van der Waals surface area contributed by atoms with Crippen LogP contribution in [0.4, 0.5) is 0 Å². The third-order valence-corrected chi connectivity index (χ3v) is 3.57. The molecule has 0 aromatic rings. The first-order chi connectivity index (χ1) is 6.64. The summed E-state index contributed by atoms with van der Waals surface area (Å²) in [4.78, 5) is 11.3. The largest absolute Gasteiger partial charge is 0.481 e. The normalized spacial score (nSPS) is 31.6. The molecule has 0 heterocycles. The summed E-state index contributed by atoms with van der Waals surface area (Å²) in [6.45, 7) is 5.81. The summed E-state index contributed by atoms with van der Waals surface area (Å²) in [6, 6.07) is 0. The van der Waals surface area contributed by atoms with Crippen LogP contribution in [-0.4, -0.2) is 11.1 Å². The first-order valence-corrected chi connectivity index (χ1v) is 5.49. The summed E-state index contributed by atoms with van der Waals surface area (Å²) in [7, 11) is 0. The van der Waals surface area contributed by atoms with Gasteiger partial charge >= 0.3 is 5.97 Å². The molecule has 2 nitrogen and oxygen atoms in total. The number of allylic oxidation sites excluding steroid dienone is 1. The molecule has 0 radical (unpaired) electrons. The standard InChI is InChI=1S/C12H20O2/c1-3-5-7-12(11(13)14)8-6-10(4-2)9-12/h3,10H,1,4-9H2,2H3,(H,13,14). The van der Waals surface area contributed by atoms with Gasteiger partial charge in [-0.05, 0) is 38.0 Å². The molecule has 1 fully saturated rings. The highest BCUT2D eigenvalue weighted by molar-refractivity contribution is 5.75. The van der Waals surface area contributed by atoms with Crippen LogP contribution in [0.2, 0.25) is 0 Å². The lowest BCUT2D eigenvalue weighted by Gasteiger charge is -2.23. The van der Waals surface area contributed by atoms with Crippen LogP contribution in [0.15, 0.2) is 12.7 Å². The molecule has 14 heavy (non-hydrogen) atoms. The van der Waals surface area contributed by atoms with Crippen molar-refractivity contribution in [3.63, 3.8) is 0 Å². The zero-order valence-electron chi connectivity index (χ0n) is 8.96. The third kappa shape index (κ3) is 2.17. The number of aliphatic carboxylic acids is 1. The Bertz CT molecular complexity index is 222. The van der Waals surface area contributed by atoms with Gasteiger partial charge in [0.05, 0.1) is 5.41 Å². The van der Waals surface area contributed by atoms with Crippen molar-refractivity contribution in [2.45, 2.75) is 45.4 Å². The van der Waals surface area contributed by atoms with Gasteiger partial charge in [-0.2, -0.15) is 0 Å². The Kier molecular flexibility index (Phi) is 3.73. The topological polar surface area (TPSA) is 37.3 Å². The first kappa shape index (κ1) is 11.3. The zero-order valence-corrected chi connectivity index (χ0v) is 8.96. The smallest absolute Gasteiger partial charge is 0.309 e. The van der Waals surface area contributed by atoms with Gasteiger partial charge in [0.25, 0.3) is 0 Å². The molecule has 1 aliphatic carbocycles. The molecule has 0 amide bonds. The van der Waals surface area contributed by atoms with E-state index in [1.807, 2.05) is 6.08 Å². The van der Waals surface area contributed by atoms with Crippen LogP contribution in [-0.2, 0) is 4.79 Å². The highest BCUT2D eigenvalue weighted by Crippen LogP contribution is 2.46. The van der Waals surface area contributed by atoms with Crippen molar-refractivity contribution < 1.29 is 9.90 Å². The Morgan fingerprint density at radius 1 is 1.71 bits per heavy atom. The molecule has 1 saturated carbocycles. The van der Waals surface area contributed by atoms with E-state index in [0.29, 0.717) is 5.92 Å². The number of carbonyl (C=O) groups is 1. The molecule has 0 aliphatic heterocycles. The maximum atomic E-state index is 11.3. The third-order valence-electron chi connectivity index (χ3n) is 3.57. The summed E-state index contributed by atoms with van der Waals surface area (Å²) in [5.41, 5.74) is -0.436. The second kappa shape index (κ2) is 4.63. The fourth-order valence-corrected chi connectivity index (χ4v) is 2.49. The van der Waals surface area contributed by atoms with Crippen LogP contribution in [0.5, 0.6) is 0 Å². The molecule has 0 aromatic carbocycles. The van der Waals surface area contributed by atoms with Gasteiger partial charge in [-0.25, -0.2) is 0 Å². The molecule has 2 unspecified atom stereocenters. The minimum Gasteiger partial charge on any atom is -0.481 e. The van der Waals surface area contributed by atoms with Gasteiger partial charge in [0.2, 0.25) is 0 Å². The number of rotatable bonds is 5. The van der Waals surface area contributed by atoms with Gasteiger partial charge in [-0.15, -0.1) is 6.58 Å². The van der Waals surface area contributed by atoms with E-state index in [1.165, 1.54) is 0 Å². The maximum Gasteiger partial charge on any atom is 0.309 e. The second-order valence-corrected chi connectivity index (χ2v) is 4.43. The van der Waals surface area contributed by atoms with Crippen molar-refractivity contribution in [1.82, 2.24) is 0 Å². The quantitative estimate of drug-likeness (QED) is 0.685. The van der Waals surface area contributed by atoms with Crippen molar-refractivity contribution in [3.05, 3.63) is 12.7 Å². The fourth-order valence-electron chi connectivity index (χ4n) is 2.49. The Balaban J connectivity index is 2.64. The van der Waals surface area contributed by atoms with Crippen LogP contribution in [0.1, 0.15) is 45.4 Å². The van der Waals surface area contributed by atoms with E-state index in [4.69, 9.17) is 0 Å². The van der Waals surface area contributed by atoms with E-state index in [0.717, 1.165) is 38.5 Å². The number of hydrogen-bond acceptors (Lipinski definition) is 1. The van der Waals surface area contributed by atoms with E-state index in [2.05, 4.69) is 13.5 Å². The van der Waals surface area contributed by atoms with Crippen LogP contribution >= 0.6 is 0 Å². The van der Waals surface area contributed by atoms with Gasteiger partial charge in [-0.3, -0.25) is 4.79 Å². The molecule has 0 bridgehead atoms. The average Bonchev–Trinajstić information content (AvgIpc) is 2.59. The summed E-state index contributed by atoms with van der Waals surface area (Å²) in [6.07, 6.45) is 7.33. The summed E-state index contributed by atoms with van der Waals surface area (Å²) in [5.74, 6) is 0.0196. The van der Waals surface area contributed by atoms with Crippen molar-refractivity contribution in [1.29, 1.82) is 0 Å². The van der Waals surface area contributed by atoms with Gasteiger partial charge < -0.3 is 5.11 Å². The lowest BCUT2D eigenvalue weighted by Crippen LogP contribution is -2.28. The molecule has 1 aliphatic rings. The minimum atomic E-state index is -0.602. The van der Waals surface area contributed by atoms with E-state index >= 15 is 0 Å². The predicted octanol–water partition coefficient (Wildman–Crippen LogP) is 3.23. The highest BCUT2D eigenvalue weighted by atomic mass is 16.4. The fraction of sp³-hybridized carbons (Fsp3) is 0.750. The summed E-state index contributed by atoms with van der Waals surface area (Å²) < 4.78 is 0. The van der Waals surface area contributed by atoms with Crippen molar-refractivity contribution >= 4 is 5.97 Å². The molecule has 1 rings (SSSR count). The van der Waals surface area contributed by atoms with Crippen molar-refractivity contribution in [2.24, 2.45) is 11.3 Å². The van der Waals surface area contributed by atoms with E-state index in [9.17, 15) is 9.90 Å². The predicted molar refractivity (Wildman–Crippen MR) is 57.1 cm³/mol. The van der Waals surface area contributed by atoms with Crippen LogP contribution in [0.3, 0.4) is 0 Å². The van der Waals surface area contributed by atoms with Gasteiger partial charge in [0.15, 0.2) is 0 Å². The minimum absolute atomic E-state index is 0.436. The molecule has 0 saturated heterocycles. The summed E-state index contributed by atoms with van der Waals surface area (Å²) in [5, 5.41) is 9.27. The molecule has 0 spiro atoms. The summed E-state index contributed by atoms with van der Waals surface area (Å²) >= 11 is 0. The molecule has 2 heteroatoms. The number of carboxylic acid groups (broad SMARTS) is 1. The van der Waals surface area contributed by atoms with Crippen LogP contribution < -0.4 is 0 Å². The maximum absolute atomic E-state index is 11.3. The van der Waals surface area contributed by atoms with Gasteiger partial charge in [0.1, 0.15) is 0 Å². The average molecular weight is 196 g/mol. The SMILES string of the molecule is C=CCCC1(C(=O)O)CCC(CC)C1.